The van der Waals surface area contributed by atoms with E-state index in [9.17, 15) is 9.50 Å². The number of aryl methyl sites for hydroxylation is 1. The Morgan fingerprint density at radius 3 is 2.61 bits per heavy atom. The number of nitrogens with one attached hydrogen (secondary N) is 1. The van der Waals surface area contributed by atoms with E-state index < -0.39 is 0 Å². The maximum Gasteiger partial charge on any atom is 0.216 e. The molecule has 5 heteroatoms. The monoisotopic (exact) mass is 358 g/mol. The van der Waals surface area contributed by atoms with Crippen molar-refractivity contribution in [2.45, 2.75) is 13.8 Å². The molecular formula is C13H12FIN2O. The second-order valence-electron chi connectivity index (χ2n) is 4.01. The number of halogens is 2. The number of hydrogen-bond donors (Lipinski definition) is 2. The Labute approximate surface area is 118 Å². The van der Waals surface area contributed by atoms with Crippen molar-refractivity contribution in [3.05, 3.63) is 44.9 Å². The van der Waals surface area contributed by atoms with E-state index in [0.29, 0.717) is 22.6 Å². The third-order valence-electron chi connectivity index (χ3n) is 2.58. The van der Waals surface area contributed by atoms with Crippen LogP contribution in [0, 0.1) is 23.2 Å². The van der Waals surface area contributed by atoms with Crippen molar-refractivity contribution >= 4 is 34.0 Å². The van der Waals surface area contributed by atoms with Gasteiger partial charge in [0.2, 0.25) is 5.88 Å². The lowest BCUT2D eigenvalue weighted by Gasteiger charge is -2.12. The molecule has 0 amide bonds. The molecule has 0 aliphatic heterocycles. The standard InChI is InChI=1S/C13H12FIN2O/c1-7-5-12(8(2)13(18)16-7)17-11-4-3-9(15)6-10(11)14/h3-6H,1-2H3,(H2,16,17,18). The highest BCUT2D eigenvalue weighted by Crippen LogP contribution is 2.28. The SMILES string of the molecule is Cc1cc(Nc2ccc(I)cc2F)c(C)c(O)n1. The molecule has 94 valence electrons. The minimum absolute atomic E-state index is 0.0385. The number of nitrogens with zero attached hydrogens (tertiary/aromatic N) is 1. The van der Waals surface area contributed by atoms with Crippen LogP contribution in [-0.2, 0) is 0 Å². The van der Waals surface area contributed by atoms with Gasteiger partial charge < -0.3 is 10.4 Å². The van der Waals surface area contributed by atoms with Crippen molar-refractivity contribution in [1.82, 2.24) is 4.98 Å². The van der Waals surface area contributed by atoms with E-state index in [4.69, 9.17) is 0 Å². The van der Waals surface area contributed by atoms with E-state index in [-0.39, 0.29) is 11.7 Å². The van der Waals surface area contributed by atoms with Crippen LogP contribution in [0.3, 0.4) is 0 Å². The Kier molecular flexibility index (Phi) is 3.70. The summed E-state index contributed by atoms with van der Waals surface area (Å²) in [5, 5.41) is 12.6. The molecule has 1 aromatic carbocycles. The molecule has 0 spiro atoms. The van der Waals surface area contributed by atoms with E-state index in [0.717, 1.165) is 3.57 Å². The first-order chi connectivity index (χ1) is 8.47. The molecule has 0 saturated heterocycles. The number of aromatic nitrogens is 1. The molecule has 1 aromatic heterocycles. The Bertz CT molecular complexity index is 602. The average molecular weight is 358 g/mol. The zero-order chi connectivity index (χ0) is 13.3. The zero-order valence-electron chi connectivity index (χ0n) is 9.96. The molecule has 0 saturated carbocycles. The quantitative estimate of drug-likeness (QED) is 0.801. The van der Waals surface area contributed by atoms with Crippen LogP contribution in [0.2, 0.25) is 0 Å². The van der Waals surface area contributed by atoms with Crippen molar-refractivity contribution in [1.29, 1.82) is 0 Å². The average Bonchev–Trinajstić information content (AvgIpc) is 2.29. The molecule has 18 heavy (non-hydrogen) atoms. The zero-order valence-corrected chi connectivity index (χ0v) is 12.1. The molecular weight excluding hydrogens is 346 g/mol. The lowest BCUT2D eigenvalue weighted by Crippen LogP contribution is -1.98. The summed E-state index contributed by atoms with van der Waals surface area (Å²) >= 11 is 2.05. The van der Waals surface area contributed by atoms with Gasteiger partial charge in [0.25, 0.3) is 0 Å². The summed E-state index contributed by atoms with van der Waals surface area (Å²) < 4.78 is 14.6. The fraction of sp³-hybridized carbons (Fsp3) is 0.154. The van der Waals surface area contributed by atoms with Gasteiger partial charge in [0.1, 0.15) is 5.82 Å². The van der Waals surface area contributed by atoms with Gasteiger partial charge in [0.15, 0.2) is 0 Å². The Balaban J connectivity index is 2.40. The molecule has 0 fully saturated rings. The van der Waals surface area contributed by atoms with Gasteiger partial charge in [-0.25, -0.2) is 9.37 Å². The largest absolute Gasteiger partial charge is 0.493 e. The summed E-state index contributed by atoms with van der Waals surface area (Å²) in [6, 6.07) is 6.71. The first-order valence-electron chi connectivity index (χ1n) is 5.36. The van der Waals surface area contributed by atoms with Crippen molar-refractivity contribution in [3.63, 3.8) is 0 Å². The van der Waals surface area contributed by atoms with Crippen LogP contribution in [0.25, 0.3) is 0 Å². The number of pyridine rings is 1. The molecule has 2 rings (SSSR count). The summed E-state index contributed by atoms with van der Waals surface area (Å²) in [5.41, 5.74) is 2.30. The molecule has 0 bridgehead atoms. The summed E-state index contributed by atoms with van der Waals surface area (Å²) in [6.45, 7) is 3.50. The number of anilines is 2. The lowest BCUT2D eigenvalue weighted by atomic mass is 10.2. The molecule has 1 heterocycles. The van der Waals surface area contributed by atoms with E-state index in [1.165, 1.54) is 6.07 Å². The Morgan fingerprint density at radius 2 is 1.94 bits per heavy atom. The highest BCUT2D eigenvalue weighted by atomic mass is 127. The highest BCUT2D eigenvalue weighted by molar-refractivity contribution is 14.1. The molecule has 0 unspecified atom stereocenters. The molecule has 0 aliphatic rings. The number of benzene rings is 1. The molecule has 2 N–H and O–H groups in total. The fourth-order valence-corrected chi connectivity index (χ4v) is 2.04. The van der Waals surface area contributed by atoms with Gasteiger partial charge in [-0.15, -0.1) is 0 Å². The predicted octanol–water partition coefficient (Wildman–Crippen LogP) is 3.89. The topological polar surface area (TPSA) is 45.1 Å². The van der Waals surface area contributed by atoms with Crippen molar-refractivity contribution in [2.75, 3.05) is 5.32 Å². The fourth-order valence-electron chi connectivity index (χ4n) is 1.59. The molecule has 0 atom stereocenters. The first kappa shape index (κ1) is 13.1. The van der Waals surface area contributed by atoms with Gasteiger partial charge in [-0.05, 0) is 60.7 Å². The van der Waals surface area contributed by atoms with Crippen LogP contribution >= 0.6 is 22.6 Å². The molecule has 3 nitrogen and oxygen atoms in total. The second kappa shape index (κ2) is 5.09. The number of aromatic hydroxyl groups is 1. The van der Waals surface area contributed by atoms with Gasteiger partial charge in [-0.3, -0.25) is 0 Å². The molecule has 2 aromatic rings. The predicted molar refractivity (Wildman–Crippen MR) is 77.8 cm³/mol. The summed E-state index contributed by atoms with van der Waals surface area (Å²) in [4.78, 5) is 3.93. The number of hydrogen-bond acceptors (Lipinski definition) is 3. The van der Waals surface area contributed by atoms with Crippen LogP contribution in [0.5, 0.6) is 5.88 Å². The van der Waals surface area contributed by atoms with Gasteiger partial charge >= 0.3 is 0 Å². The van der Waals surface area contributed by atoms with E-state index in [1.54, 1.807) is 26.0 Å². The first-order valence-corrected chi connectivity index (χ1v) is 6.44. The van der Waals surface area contributed by atoms with Crippen molar-refractivity contribution in [3.8, 4) is 5.88 Å². The van der Waals surface area contributed by atoms with Crippen LogP contribution in [0.4, 0.5) is 15.8 Å². The van der Waals surface area contributed by atoms with Crippen LogP contribution in [0.15, 0.2) is 24.3 Å². The Morgan fingerprint density at radius 1 is 1.22 bits per heavy atom. The summed E-state index contributed by atoms with van der Waals surface area (Å²) in [7, 11) is 0. The molecule has 0 radical (unpaired) electrons. The maximum absolute atomic E-state index is 13.7. The van der Waals surface area contributed by atoms with Gasteiger partial charge in [0, 0.05) is 20.5 Å². The third-order valence-corrected chi connectivity index (χ3v) is 3.25. The summed E-state index contributed by atoms with van der Waals surface area (Å²) in [6.07, 6.45) is 0. The summed E-state index contributed by atoms with van der Waals surface area (Å²) in [5.74, 6) is -0.362. The van der Waals surface area contributed by atoms with Crippen LogP contribution < -0.4 is 5.32 Å². The van der Waals surface area contributed by atoms with Gasteiger partial charge in [-0.1, -0.05) is 0 Å². The van der Waals surface area contributed by atoms with Crippen molar-refractivity contribution < 1.29 is 9.50 Å². The van der Waals surface area contributed by atoms with Crippen LogP contribution in [-0.4, -0.2) is 10.1 Å². The second-order valence-corrected chi connectivity index (χ2v) is 5.25. The smallest absolute Gasteiger partial charge is 0.216 e. The van der Waals surface area contributed by atoms with Crippen LogP contribution in [0.1, 0.15) is 11.3 Å². The van der Waals surface area contributed by atoms with E-state index in [2.05, 4.69) is 32.9 Å². The minimum atomic E-state index is -0.324. The highest BCUT2D eigenvalue weighted by Gasteiger charge is 2.09. The maximum atomic E-state index is 13.7. The van der Waals surface area contributed by atoms with Crippen molar-refractivity contribution in [2.24, 2.45) is 0 Å². The normalized spacial score (nSPS) is 10.4. The van der Waals surface area contributed by atoms with E-state index in [1.807, 2.05) is 6.07 Å². The minimum Gasteiger partial charge on any atom is -0.493 e. The van der Waals surface area contributed by atoms with E-state index >= 15 is 0 Å². The number of rotatable bonds is 2. The lowest BCUT2D eigenvalue weighted by molar-refractivity contribution is 0.448. The Hall–Kier alpha value is -1.37. The van der Waals surface area contributed by atoms with Gasteiger partial charge in [0.05, 0.1) is 5.69 Å². The molecule has 0 aliphatic carbocycles. The van der Waals surface area contributed by atoms with Gasteiger partial charge in [-0.2, -0.15) is 0 Å². The third kappa shape index (κ3) is 2.72.